The summed E-state index contributed by atoms with van der Waals surface area (Å²) in [4.78, 5) is 0.0884. The van der Waals surface area contributed by atoms with Crippen LogP contribution in [-0.2, 0) is 16.6 Å². The summed E-state index contributed by atoms with van der Waals surface area (Å²) in [7, 11) is -1.55. The summed E-state index contributed by atoms with van der Waals surface area (Å²) < 4.78 is 39.2. The van der Waals surface area contributed by atoms with Gasteiger partial charge in [0.25, 0.3) is 0 Å². The van der Waals surface area contributed by atoms with Crippen LogP contribution in [0.15, 0.2) is 45.8 Å². The molecule has 0 bridgehead atoms. The van der Waals surface area contributed by atoms with E-state index < -0.39 is 16.6 Å². The van der Waals surface area contributed by atoms with Crippen molar-refractivity contribution in [3.63, 3.8) is 0 Å². The van der Waals surface area contributed by atoms with Gasteiger partial charge in [0.05, 0.1) is 21.4 Å². The molecule has 0 radical (unpaired) electrons. The fourth-order valence-electron chi connectivity index (χ4n) is 1.56. The van der Waals surface area contributed by atoms with Crippen LogP contribution >= 0.6 is 15.9 Å². The molecule has 2 nitrogen and oxygen atoms in total. The molecule has 2 rings (SSSR count). The molecule has 0 heterocycles. The summed E-state index contributed by atoms with van der Waals surface area (Å²) in [5.74, 6) is -0.890. The van der Waals surface area contributed by atoms with Crippen molar-refractivity contribution in [1.29, 1.82) is 0 Å². The maximum absolute atomic E-state index is 13.6. The quantitative estimate of drug-likeness (QED) is 0.863. The number of nitrogens with two attached hydrogens (primary N) is 1. The highest BCUT2D eigenvalue weighted by Crippen LogP contribution is 2.23. The number of halogens is 3. The fraction of sp³-hybridized carbons (Fsp3) is 0.0769. The Morgan fingerprint density at radius 1 is 1.16 bits per heavy atom. The van der Waals surface area contributed by atoms with E-state index in [4.69, 9.17) is 5.73 Å². The summed E-state index contributed by atoms with van der Waals surface area (Å²) >= 11 is 3.19. The highest BCUT2D eigenvalue weighted by molar-refractivity contribution is 9.10. The maximum atomic E-state index is 13.6. The molecule has 1 unspecified atom stereocenters. The van der Waals surface area contributed by atoms with Gasteiger partial charge in [-0.25, -0.2) is 8.78 Å². The van der Waals surface area contributed by atoms with Crippen molar-refractivity contribution in [3.8, 4) is 0 Å². The zero-order chi connectivity index (χ0) is 14.0. The fourth-order valence-corrected chi connectivity index (χ4v) is 3.42. The first-order valence-corrected chi connectivity index (χ1v) is 7.46. The van der Waals surface area contributed by atoms with Crippen LogP contribution in [0.2, 0.25) is 0 Å². The molecule has 19 heavy (non-hydrogen) atoms. The molecule has 100 valence electrons. The van der Waals surface area contributed by atoms with E-state index >= 15 is 0 Å². The van der Waals surface area contributed by atoms with Crippen molar-refractivity contribution in [2.45, 2.75) is 10.6 Å². The first-order chi connectivity index (χ1) is 8.97. The Bertz CT molecular complexity index is 649. The summed E-state index contributed by atoms with van der Waals surface area (Å²) in [6.07, 6.45) is 0. The van der Waals surface area contributed by atoms with E-state index in [0.717, 1.165) is 6.07 Å². The molecule has 2 N–H and O–H groups in total. The molecule has 0 saturated carbocycles. The van der Waals surface area contributed by atoms with Gasteiger partial charge in [-0.05, 0) is 35.9 Å². The standard InChI is InChI=1S/C13H10BrF2NOS/c14-11-5-9(15)2-1-8(11)7-19(18)13-4-3-10(17)6-12(13)16/h1-6H,7,17H2. The normalized spacial score (nSPS) is 12.4. The van der Waals surface area contributed by atoms with E-state index in [1.807, 2.05) is 0 Å². The van der Waals surface area contributed by atoms with Gasteiger partial charge >= 0.3 is 0 Å². The van der Waals surface area contributed by atoms with Crippen LogP contribution in [0.4, 0.5) is 14.5 Å². The van der Waals surface area contributed by atoms with Gasteiger partial charge in [-0.2, -0.15) is 0 Å². The third-order valence-corrected chi connectivity index (χ3v) is 4.64. The van der Waals surface area contributed by atoms with Crippen LogP contribution in [0.25, 0.3) is 0 Å². The van der Waals surface area contributed by atoms with E-state index in [1.54, 1.807) is 0 Å². The molecule has 0 spiro atoms. The molecule has 0 aromatic heterocycles. The molecule has 0 fully saturated rings. The summed E-state index contributed by atoms with van der Waals surface area (Å²) in [6, 6.07) is 8.11. The lowest BCUT2D eigenvalue weighted by atomic mass is 10.2. The first kappa shape index (κ1) is 14.1. The number of nitrogen functional groups attached to an aromatic ring is 1. The van der Waals surface area contributed by atoms with Crippen molar-refractivity contribution in [1.82, 2.24) is 0 Å². The Hall–Kier alpha value is -1.27. The van der Waals surface area contributed by atoms with Crippen LogP contribution in [0, 0.1) is 11.6 Å². The van der Waals surface area contributed by atoms with Gasteiger partial charge in [0, 0.05) is 10.2 Å². The number of rotatable bonds is 3. The molecule has 0 amide bonds. The zero-order valence-electron chi connectivity index (χ0n) is 9.70. The van der Waals surface area contributed by atoms with E-state index in [0.29, 0.717) is 10.0 Å². The van der Waals surface area contributed by atoms with Crippen molar-refractivity contribution in [2.75, 3.05) is 5.73 Å². The van der Waals surface area contributed by atoms with Gasteiger partial charge in [0.15, 0.2) is 0 Å². The van der Waals surface area contributed by atoms with Gasteiger partial charge in [-0.15, -0.1) is 0 Å². The molecule has 6 heteroatoms. The average Bonchev–Trinajstić information content (AvgIpc) is 2.32. The van der Waals surface area contributed by atoms with Gasteiger partial charge in [0.1, 0.15) is 11.6 Å². The van der Waals surface area contributed by atoms with Crippen molar-refractivity contribution < 1.29 is 13.0 Å². The Morgan fingerprint density at radius 2 is 1.89 bits per heavy atom. The Kier molecular flexibility index (Phi) is 4.31. The molecule has 2 aromatic rings. The van der Waals surface area contributed by atoms with Crippen molar-refractivity contribution in [2.24, 2.45) is 0 Å². The van der Waals surface area contributed by atoms with Crippen LogP contribution in [-0.4, -0.2) is 4.21 Å². The van der Waals surface area contributed by atoms with Gasteiger partial charge < -0.3 is 5.73 Å². The van der Waals surface area contributed by atoms with Crippen LogP contribution in [0.1, 0.15) is 5.56 Å². The van der Waals surface area contributed by atoms with E-state index in [-0.39, 0.29) is 22.2 Å². The van der Waals surface area contributed by atoms with Gasteiger partial charge in [-0.3, -0.25) is 4.21 Å². The molecule has 0 aliphatic heterocycles. The largest absolute Gasteiger partial charge is 0.399 e. The lowest BCUT2D eigenvalue weighted by Crippen LogP contribution is -2.01. The maximum Gasteiger partial charge on any atom is 0.141 e. The minimum Gasteiger partial charge on any atom is -0.399 e. The van der Waals surface area contributed by atoms with E-state index in [2.05, 4.69) is 15.9 Å². The zero-order valence-corrected chi connectivity index (χ0v) is 12.1. The summed E-state index contributed by atoms with van der Waals surface area (Å²) in [5, 5.41) is 0. The smallest absolute Gasteiger partial charge is 0.141 e. The highest BCUT2D eigenvalue weighted by atomic mass is 79.9. The Labute approximate surface area is 120 Å². The van der Waals surface area contributed by atoms with Gasteiger partial charge in [0.2, 0.25) is 0 Å². The number of benzene rings is 2. The van der Waals surface area contributed by atoms with Crippen LogP contribution in [0.3, 0.4) is 0 Å². The highest BCUT2D eigenvalue weighted by Gasteiger charge is 2.13. The summed E-state index contributed by atoms with van der Waals surface area (Å²) in [6.45, 7) is 0. The van der Waals surface area contributed by atoms with Gasteiger partial charge in [-0.1, -0.05) is 22.0 Å². The lowest BCUT2D eigenvalue weighted by Gasteiger charge is -2.06. The van der Waals surface area contributed by atoms with E-state index in [1.165, 1.54) is 30.3 Å². The average molecular weight is 346 g/mol. The topological polar surface area (TPSA) is 43.1 Å². The monoisotopic (exact) mass is 345 g/mol. The second kappa shape index (κ2) is 5.79. The molecule has 2 aromatic carbocycles. The SMILES string of the molecule is Nc1ccc(S(=O)Cc2ccc(F)cc2Br)c(F)c1. The van der Waals surface area contributed by atoms with E-state index in [9.17, 15) is 13.0 Å². The predicted octanol–water partition coefficient (Wildman–Crippen LogP) is 3.62. The van der Waals surface area contributed by atoms with Crippen molar-refractivity contribution in [3.05, 3.63) is 58.1 Å². The molecular formula is C13H10BrF2NOS. The molecular weight excluding hydrogens is 336 g/mol. The molecule has 0 saturated heterocycles. The Balaban J connectivity index is 2.25. The second-order valence-electron chi connectivity index (χ2n) is 3.92. The molecule has 0 aliphatic rings. The first-order valence-electron chi connectivity index (χ1n) is 5.34. The third kappa shape index (κ3) is 3.39. The van der Waals surface area contributed by atoms with Crippen LogP contribution < -0.4 is 5.73 Å². The summed E-state index contributed by atoms with van der Waals surface area (Å²) in [5.41, 5.74) is 6.36. The third-order valence-electron chi connectivity index (χ3n) is 2.50. The number of hydrogen-bond acceptors (Lipinski definition) is 2. The molecule has 0 aliphatic carbocycles. The Morgan fingerprint density at radius 3 is 2.53 bits per heavy atom. The number of hydrogen-bond donors (Lipinski definition) is 1. The second-order valence-corrected chi connectivity index (χ2v) is 6.19. The minimum absolute atomic E-state index is 0.0884. The predicted molar refractivity (Wildman–Crippen MR) is 75.0 cm³/mol. The lowest BCUT2D eigenvalue weighted by molar-refractivity contribution is 0.596. The minimum atomic E-state index is -1.55. The van der Waals surface area contributed by atoms with Crippen molar-refractivity contribution >= 4 is 32.4 Å². The number of anilines is 1. The molecule has 1 atom stereocenters. The van der Waals surface area contributed by atoms with Crippen LogP contribution in [0.5, 0.6) is 0 Å².